The molecule has 1 heteroatoms. The highest BCUT2D eigenvalue weighted by Gasteiger charge is 2.05. The highest BCUT2D eigenvalue weighted by molar-refractivity contribution is 5.25. The number of aryl methyl sites for hydroxylation is 2. The Labute approximate surface area is 125 Å². The molecule has 0 bridgehead atoms. The summed E-state index contributed by atoms with van der Waals surface area (Å²) in [6.07, 6.45) is 12.0. The van der Waals surface area contributed by atoms with E-state index in [1.165, 1.54) is 56.1 Å². The molecule has 0 aromatic heterocycles. The molecule has 0 heterocycles. The Hall–Kier alpha value is -0.820. The van der Waals surface area contributed by atoms with Gasteiger partial charge in [-0.1, -0.05) is 76.1 Å². The van der Waals surface area contributed by atoms with E-state index < -0.39 is 0 Å². The van der Waals surface area contributed by atoms with E-state index in [0.29, 0.717) is 0 Å². The molecule has 0 radical (unpaired) electrons. The summed E-state index contributed by atoms with van der Waals surface area (Å²) in [5, 5.41) is 10.0. The van der Waals surface area contributed by atoms with Crippen LogP contribution in [0.5, 0.6) is 0 Å². The largest absolute Gasteiger partial charge is 0.393 e. The molecule has 0 aliphatic heterocycles. The molecule has 1 atom stereocenters. The van der Waals surface area contributed by atoms with Gasteiger partial charge < -0.3 is 5.11 Å². The van der Waals surface area contributed by atoms with Gasteiger partial charge >= 0.3 is 0 Å². The molecule has 0 amide bonds. The zero-order valence-corrected chi connectivity index (χ0v) is 13.4. The Morgan fingerprint density at radius 2 is 1.55 bits per heavy atom. The number of benzene rings is 1. The second-order valence-corrected chi connectivity index (χ2v) is 6.03. The maximum atomic E-state index is 10.0. The third-order valence-electron chi connectivity index (χ3n) is 4.15. The molecule has 1 unspecified atom stereocenters. The quantitative estimate of drug-likeness (QED) is 0.534. The molecule has 0 fully saturated rings. The summed E-state index contributed by atoms with van der Waals surface area (Å²) in [5.41, 5.74) is 2.72. The number of rotatable bonds is 11. The molecule has 1 nitrogen and oxygen atoms in total. The molecule has 0 spiro atoms. The van der Waals surface area contributed by atoms with Crippen molar-refractivity contribution in [1.29, 1.82) is 0 Å². The minimum absolute atomic E-state index is 0.120. The van der Waals surface area contributed by atoms with Crippen molar-refractivity contribution in [2.45, 2.75) is 84.2 Å². The second-order valence-electron chi connectivity index (χ2n) is 6.03. The normalized spacial score (nSPS) is 12.6. The van der Waals surface area contributed by atoms with Crippen molar-refractivity contribution in [3.63, 3.8) is 0 Å². The van der Waals surface area contributed by atoms with Gasteiger partial charge in [-0.3, -0.25) is 0 Å². The summed E-state index contributed by atoms with van der Waals surface area (Å²) in [6, 6.07) is 8.49. The maximum Gasteiger partial charge on any atom is 0.0543 e. The molecule has 1 aromatic rings. The third kappa shape index (κ3) is 7.69. The predicted octanol–water partition coefficient (Wildman–Crippen LogP) is 5.43. The summed E-state index contributed by atoms with van der Waals surface area (Å²) in [6.45, 7) is 4.41. The zero-order valence-electron chi connectivity index (χ0n) is 13.4. The van der Waals surface area contributed by atoms with Gasteiger partial charge in [0.15, 0.2) is 0 Å². The van der Waals surface area contributed by atoms with E-state index in [9.17, 15) is 5.11 Å². The van der Waals surface area contributed by atoms with Crippen LogP contribution in [0.25, 0.3) is 0 Å². The minimum atomic E-state index is -0.120. The predicted molar refractivity (Wildman–Crippen MR) is 88.1 cm³/mol. The van der Waals surface area contributed by atoms with E-state index in [1.807, 2.05) is 0 Å². The highest BCUT2D eigenvalue weighted by atomic mass is 16.3. The first-order chi connectivity index (χ1) is 9.74. The Morgan fingerprint density at radius 3 is 2.25 bits per heavy atom. The lowest BCUT2D eigenvalue weighted by molar-refractivity contribution is 0.151. The van der Waals surface area contributed by atoms with Crippen molar-refractivity contribution in [3.05, 3.63) is 35.4 Å². The standard InChI is InChI=1S/C19H32O/c1-3-4-5-6-7-8-9-14-19(20)16-15-18-13-11-10-12-17(18)2/h10-13,19-20H,3-9,14-16H2,1-2H3. The van der Waals surface area contributed by atoms with E-state index in [-0.39, 0.29) is 6.10 Å². The summed E-state index contributed by atoms with van der Waals surface area (Å²) in [7, 11) is 0. The Morgan fingerprint density at radius 1 is 0.900 bits per heavy atom. The Kier molecular flexibility index (Phi) is 9.40. The Balaban J connectivity index is 2.03. The summed E-state index contributed by atoms with van der Waals surface area (Å²) in [4.78, 5) is 0. The van der Waals surface area contributed by atoms with Gasteiger partial charge in [0.25, 0.3) is 0 Å². The summed E-state index contributed by atoms with van der Waals surface area (Å²) in [5.74, 6) is 0. The van der Waals surface area contributed by atoms with Crippen molar-refractivity contribution >= 4 is 0 Å². The molecule has 0 aliphatic rings. The van der Waals surface area contributed by atoms with Crippen LogP contribution in [0.15, 0.2) is 24.3 Å². The molecule has 1 N–H and O–H groups in total. The molecule has 0 saturated heterocycles. The molecule has 1 aromatic carbocycles. The van der Waals surface area contributed by atoms with Crippen LogP contribution in [0.3, 0.4) is 0 Å². The first-order valence-electron chi connectivity index (χ1n) is 8.46. The fourth-order valence-electron chi connectivity index (χ4n) is 2.69. The van der Waals surface area contributed by atoms with E-state index in [4.69, 9.17) is 0 Å². The fourth-order valence-corrected chi connectivity index (χ4v) is 2.69. The van der Waals surface area contributed by atoms with E-state index in [0.717, 1.165) is 19.3 Å². The van der Waals surface area contributed by atoms with E-state index >= 15 is 0 Å². The van der Waals surface area contributed by atoms with E-state index in [1.54, 1.807) is 0 Å². The van der Waals surface area contributed by atoms with Crippen molar-refractivity contribution in [2.24, 2.45) is 0 Å². The number of unbranched alkanes of at least 4 members (excludes halogenated alkanes) is 6. The van der Waals surface area contributed by atoms with Gasteiger partial charge in [-0.05, 0) is 37.3 Å². The molecular weight excluding hydrogens is 244 g/mol. The van der Waals surface area contributed by atoms with Crippen molar-refractivity contribution < 1.29 is 5.11 Å². The van der Waals surface area contributed by atoms with Crippen molar-refractivity contribution in [1.82, 2.24) is 0 Å². The first kappa shape index (κ1) is 17.2. The van der Waals surface area contributed by atoms with Gasteiger partial charge in [-0.25, -0.2) is 0 Å². The SMILES string of the molecule is CCCCCCCCCC(O)CCc1ccccc1C. The molecule has 1 rings (SSSR count). The second kappa shape index (κ2) is 10.9. The van der Waals surface area contributed by atoms with Gasteiger partial charge in [-0.2, -0.15) is 0 Å². The lowest BCUT2D eigenvalue weighted by Gasteiger charge is -2.11. The molecule has 20 heavy (non-hydrogen) atoms. The van der Waals surface area contributed by atoms with Crippen LogP contribution in [0.4, 0.5) is 0 Å². The fraction of sp³-hybridized carbons (Fsp3) is 0.684. The lowest BCUT2D eigenvalue weighted by Crippen LogP contribution is -2.08. The van der Waals surface area contributed by atoms with Crippen LogP contribution in [0.2, 0.25) is 0 Å². The monoisotopic (exact) mass is 276 g/mol. The van der Waals surface area contributed by atoms with Crippen molar-refractivity contribution in [3.8, 4) is 0 Å². The van der Waals surface area contributed by atoms with Crippen molar-refractivity contribution in [2.75, 3.05) is 0 Å². The molecule has 0 aliphatic carbocycles. The van der Waals surface area contributed by atoms with Crippen LogP contribution in [-0.4, -0.2) is 11.2 Å². The average Bonchev–Trinajstić information content (AvgIpc) is 2.45. The van der Waals surface area contributed by atoms with Crippen LogP contribution in [-0.2, 0) is 6.42 Å². The topological polar surface area (TPSA) is 20.2 Å². The number of aliphatic hydroxyl groups excluding tert-OH is 1. The van der Waals surface area contributed by atoms with Crippen LogP contribution in [0.1, 0.15) is 75.8 Å². The van der Waals surface area contributed by atoms with Gasteiger partial charge in [0.1, 0.15) is 0 Å². The van der Waals surface area contributed by atoms with E-state index in [2.05, 4.69) is 38.1 Å². The summed E-state index contributed by atoms with van der Waals surface area (Å²) >= 11 is 0. The van der Waals surface area contributed by atoms with Gasteiger partial charge in [0.2, 0.25) is 0 Å². The summed E-state index contributed by atoms with van der Waals surface area (Å²) < 4.78 is 0. The minimum Gasteiger partial charge on any atom is -0.393 e. The number of hydrogen-bond donors (Lipinski definition) is 1. The zero-order chi connectivity index (χ0) is 14.6. The van der Waals surface area contributed by atoms with Gasteiger partial charge in [0.05, 0.1) is 6.10 Å². The average molecular weight is 276 g/mol. The van der Waals surface area contributed by atoms with Crippen LogP contribution >= 0.6 is 0 Å². The lowest BCUT2D eigenvalue weighted by atomic mass is 9.99. The van der Waals surface area contributed by atoms with Gasteiger partial charge in [-0.15, -0.1) is 0 Å². The molecule has 0 saturated carbocycles. The van der Waals surface area contributed by atoms with Gasteiger partial charge in [0, 0.05) is 0 Å². The molecular formula is C19H32O. The third-order valence-corrected chi connectivity index (χ3v) is 4.15. The smallest absolute Gasteiger partial charge is 0.0543 e. The van der Waals surface area contributed by atoms with Crippen LogP contribution < -0.4 is 0 Å². The maximum absolute atomic E-state index is 10.0. The van der Waals surface area contributed by atoms with Crippen LogP contribution in [0, 0.1) is 6.92 Å². The first-order valence-corrected chi connectivity index (χ1v) is 8.46. The Bertz CT molecular complexity index is 345. The number of hydrogen-bond acceptors (Lipinski definition) is 1. The highest BCUT2D eigenvalue weighted by Crippen LogP contribution is 2.14. The number of aliphatic hydroxyl groups is 1. The molecule has 114 valence electrons.